The third kappa shape index (κ3) is 4.79. The van der Waals surface area contributed by atoms with Gasteiger partial charge in [-0.15, -0.1) is 0 Å². The van der Waals surface area contributed by atoms with Crippen molar-refractivity contribution in [2.45, 2.75) is 61.0 Å². The van der Waals surface area contributed by atoms with Crippen LogP contribution in [0.2, 0.25) is 0 Å². The number of benzene rings is 2. The number of ether oxygens (including phenoxy) is 2. The zero-order valence-electron chi connectivity index (χ0n) is 21.6. The van der Waals surface area contributed by atoms with Crippen LogP contribution in [0.25, 0.3) is 22.3 Å². The van der Waals surface area contributed by atoms with Crippen molar-refractivity contribution in [1.29, 1.82) is 0 Å². The highest BCUT2D eigenvalue weighted by atomic mass is 16.6. The van der Waals surface area contributed by atoms with Crippen molar-refractivity contribution in [2.75, 3.05) is 13.2 Å². The van der Waals surface area contributed by atoms with Crippen LogP contribution in [0.1, 0.15) is 23.3 Å². The molecule has 2 aliphatic rings. The Labute approximate surface area is 235 Å². The van der Waals surface area contributed by atoms with Gasteiger partial charge in [0, 0.05) is 11.6 Å². The second-order valence-electron chi connectivity index (χ2n) is 10.2. The number of aromatic hydroxyl groups is 3. The molecule has 10 atom stereocenters. The number of aliphatic hydroxyl groups excluding tert-OH is 8. The summed E-state index contributed by atoms with van der Waals surface area (Å²) >= 11 is 0. The van der Waals surface area contributed by atoms with Gasteiger partial charge in [-0.2, -0.15) is 0 Å². The molecule has 2 saturated heterocycles. The average molecular weight is 595 g/mol. The summed E-state index contributed by atoms with van der Waals surface area (Å²) < 4.78 is 17.0. The fourth-order valence-electron chi connectivity index (χ4n) is 5.39. The zero-order valence-corrected chi connectivity index (χ0v) is 21.6. The maximum atomic E-state index is 13.5. The van der Waals surface area contributed by atoms with Gasteiger partial charge in [0.1, 0.15) is 89.4 Å². The molecule has 4 unspecified atom stereocenters. The zero-order chi connectivity index (χ0) is 30.6. The van der Waals surface area contributed by atoms with Gasteiger partial charge in [-0.05, 0) is 24.3 Å². The molecule has 0 saturated carbocycles. The van der Waals surface area contributed by atoms with Gasteiger partial charge in [0.05, 0.1) is 24.3 Å². The van der Waals surface area contributed by atoms with Gasteiger partial charge >= 0.3 is 0 Å². The number of phenolic OH excluding ortho intramolecular Hbond substituents is 3. The summed E-state index contributed by atoms with van der Waals surface area (Å²) in [6.07, 6.45) is -18.2. The first-order valence-corrected chi connectivity index (χ1v) is 12.9. The molecule has 3 aromatic rings. The summed E-state index contributed by atoms with van der Waals surface area (Å²) in [4.78, 5) is 13.5. The van der Waals surface area contributed by atoms with Crippen molar-refractivity contribution >= 4 is 11.0 Å². The number of fused-ring (bicyclic) bond motifs is 1. The lowest BCUT2D eigenvalue weighted by Gasteiger charge is -2.42. The Bertz CT molecular complexity index is 1500. The minimum Gasteiger partial charge on any atom is -0.508 e. The van der Waals surface area contributed by atoms with Crippen LogP contribution < -0.4 is 5.43 Å². The molecule has 5 rings (SSSR count). The lowest BCUT2D eigenvalue weighted by Crippen LogP contribution is -2.55. The monoisotopic (exact) mass is 594 g/mol. The lowest BCUT2D eigenvalue weighted by atomic mass is 9.85. The molecule has 42 heavy (non-hydrogen) atoms. The van der Waals surface area contributed by atoms with E-state index < -0.39 is 113 Å². The number of rotatable bonds is 5. The van der Waals surface area contributed by atoms with E-state index in [2.05, 4.69) is 0 Å². The van der Waals surface area contributed by atoms with Crippen LogP contribution in [-0.2, 0) is 9.47 Å². The van der Waals surface area contributed by atoms with Gasteiger partial charge in [0.2, 0.25) is 0 Å². The normalized spacial score (nSPS) is 33.6. The van der Waals surface area contributed by atoms with Crippen molar-refractivity contribution < 1.29 is 70.1 Å². The molecular formula is C27H30O15. The van der Waals surface area contributed by atoms with Crippen molar-refractivity contribution in [1.82, 2.24) is 0 Å². The first kappa shape index (κ1) is 30.1. The fraction of sp³-hybridized carbons (Fsp3) is 0.444. The summed E-state index contributed by atoms with van der Waals surface area (Å²) in [5, 5.41) is 114. The molecule has 0 radical (unpaired) electrons. The van der Waals surface area contributed by atoms with Crippen molar-refractivity contribution in [3.05, 3.63) is 51.7 Å². The van der Waals surface area contributed by atoms with E-state index >= 15 is 0 Å². The Hall–Kier alpha value is -3.35. The Morgan fingerprint density at radius 1 is 0.643 bits per heavy atom. The van der Waals surface area contributed by atoms with Gasteiger partial charge in [-0.25, -0.2) is 0 Å². The standard InChI is InChI=1S/C27H30O15/c28-6-12-17(32)21(36)23(38)26(41-12)15-19(34)14-10(31)5-11(8-1-3-9(30)4-2-8)40-25(14)16(20(15)35)27-24(39)22(37)18(33)13(7-29)42-27/h1-5,12-13,17-18,21-24,26-30,32-39H,6-7H2/t12?,13?,17-,18+,21+,22+,23?,24?,26+,27+/m1/s1. The van der Waals surface area contributed by atoms with Crippen LogP contribution >= 0.6 is 0 Å². The van der Waals surface area contributed by atoms with Crippen LogP contribution in [0.3, 0.4) is 0 Å². The second kappa shape index (κ2) is 11.4. The van der Waals surface area contributed by atoms with Crippen molar-refractivity contribution in [3.63, 3.8) is 0 Å². The molecule has 0 spiro atoms. The number of hydrogen-bond donors (Lipinski definition) is 11. The van der Waals surface area contributed by atoms with E-state index in [1.165, 1.54) is 24.3 Å². The van der Waals surface area contributed by atoms with E-state index in [1.807, 2.05) is 0 Å². The van der Waals surface area contributed by atoms with Crippen molar-refractivity contribution in [3.8, 4) is 28.6 Å². The van der Waals surface area contributed by atoms with Gasteiger partial charge in [-0.1, -0.05) is 0 Å². The van der Waals surface area contributed by atoms with Crippen molar-refractivity contribution in [2.24, 2.45) is 0 Å². The topological polar surface area (TPSA) is 271 Å². The van der Waals surface area contributed by atoms with E-state index in [0.717, 1.165) is 6.07 Å². The molecule has 228 valence electrons. The number of aliphatic hydroxyl groups is 8. The smallest absolute Gasteiger partial charge is 0.197 e. The highest BCUT2D eigenvalue weighted by molar-refractivity contribution is 5.92. The summed E-state index contributed by atoms with van der Waals surface area (Å²) in [7, 11) is 0. The minimum atomic E-state index is -2.02. The molecule has 2 fully saturated rings. The second-order valence-corrected chi connectivity index (χ2v) is 10.2. The summed E-state index contributed by atoms with van der Waals surface area (Å²) in [6, 6.07) is 6.37. The van der Waals surface area contributed by atoms with Crippen LogP contribution in [0.5, 0.6) is 17.2 Å². The molecule has 1 aromatic heterocycles. The average Bonchev–Trinajstić information content (AvgIpc) is 2.97. The maximum Gasteiger partial charge on any atom is 0.197 e. The highest BCUT2D eigenvalue weighted by Gasteiger charge is 2.50. The molecular weight excluding hydrogens is 564 g/mol. The van der Waals surface area contributed by atoms with Crippen LogP contribution in [0.4, 0.5) is 0 Å². The third-order valence-electron chi connectivity index (χ3n) is 7.70. The Morgan fingerprint density at radius 3 is 1.64 bits per heavy atom. The summed E-state index contributed by atoms with van der Waals surface area (Å²) in [5.74, 6) is -2.20. The lowest BCUT2D eigenvalue weighted by molar-refractivity contribution is -0.234. The minimum absolute atomic E-state index is 0.0941. The first-order valence-electron chi connectivity index (χ1n) is 12.9. The van der Waals surface area contributed by atoms with Crippen LogP contribution in [0.15, 0.2) is 39.5 Å². The van der Waals surface area contributed by atoms with E-state index in [9.17, 15) is 61.0 Å². The molecule has 3 heterocycles. The molecule has 0 bridgehead atoms. The predicted octanol–water partition coefficient (Wildman–Crippen LogP) is -2.39. The Morgan fingerprint density at radius 2 is 1.14 bits per heavy atom. The molecule has 2 aliphatic heterocycles. The molecule has 11 N–H and O–H groups in total. The quantitative estimate of drug-likeness (QED) is 0.147. The van der Waals surface area contributed by atoms with Crippen LogP contribution in [-0.4, -0.2) is 118 Å². The third-order valence-corrected chi connectivity index (χ3v) is 7.70. The molecule has 0 amide bonds. The molecule has 15 nitrogen and oxygen atoms in total. The van der Waals surface area contributed by atoms with E-state index in [4.69, 9.17) is 13.9 Å². The van der Waals surface area contributed by atoms with E-state index in [1.54, 1.807) is 0 Å². The predicted molar refractivity (Wildman–Crippen MR) is 138 cm³/mol. The number of hydrogen-bond acceptors (Lipinski definition) is 15. The van der Waals surface area contributed by atoms with Gasteiger partial charge < -0.3 is 70.1 Å². The van der Waals surface area contributed by atoms with Crippen LogP contribution in [0, 0.1) is 0 Å². The number of phenols is 3. The van der Waals surface area contributed by atoms with Gasteiger partial charge in [0.15, 0.2) is 11.0 Å². The van der Waals surface area contributed by atoms with E-state index in [0.29, 0.717) is 0 Å². The molecule has 15 heteroatoms. The largest absolute Gasteiger partial charge is 0.508 e. The summed E-state index contributed by atoms with van der Waals surface area (Å²) in [6.45, 7) is -1.70. The first-order chi connectivity index (χ1) is 19.9. The Kier molecular flexibility index (Phi) is 8.16. The Balaban J connectivity index is 1.82. The molecule has 0 aliphatic carbocycles. The SMILES string of the molecule is O=c1cc(-c2ccc(O)cc2)oc2c([C@@H]3OC(CO)[C@H](O)[C@H](O)C3O)c(O)c([C@@H]3OC(CO)[C@@H](O)[C@H](O)C3O)c(O)c12. The highest BCUT2D eigenvalue weighted by Crippen LogP contribution is 2.51. The fourth-order valence-corrected chi connectivity index (χ4v) is 5.39. The summed E-state index contributed by atoms with van der Waals surface area (Å²) in [5.41, 5.74) is -2.48. The van der Waals surface area contributed by atoms with Gasteiger partial charge in [-0.3, -0.25) is 4.79 Å². The maximum absolute atomic E-state index is 13.5. The van der Waals surface area contributed by atoms with E-state index in [-0.39, 0.29) is 17.1 Å². The molecule has 2 aromatic carbocycles. The van der Waals surface area contributed by atoms with Gasteiger partial charge in [0.25, 0.3) is 0 Å².